The summed E-state index contributed by atoms with van der Waals surface area (Å²) in [6, 6.07) is 0. The minimum atomic E-state index is -3.19. The Bertz CT molecular complexity index is 1010. The standard InChI is InChI=1S/C11H13O3.C5H5.Fe/c1-14-11(13)8-4-7-10(12)9-5-2-3-6-9;1-2-4-5-3-1;/h2-3,5-6H,4,7-8H2,1H3;1-5H;. The summed E-state index contributed by atoms with van der Waals surface area (Å²) in [5.41, 5.74) is 0. The molecule has 10 fully saturated rings. The molecule has 0 aromatic carbocycles. The van der Waals surface area contributed by atoms with Crippen LogP contribution in [0.3, 0.4) is 0 Å². The molecule has 0 aliphatic carbocycles. The number of rotatable bonds is 5. The minimum absolute atomic E-state index is 0.150. The maximum atomic E-state index is 13.2. The first kappa shape index (κ1) is 8.33. The van der Waals surface area contributed by atoms with Crippen molar-refractivity contribution in [2.45, 2.75) is 66.9 Å². The second-order valence-electron chi connectivity index (χ2n) is 11.5. The van der Waals surface area contributed by atoms with Crippen molar-refractivity contribution in [2.75, 3.05) is 7.11 Å². The molecule has 10 heterocycles. The van der Waals surface area contributed by atoms with E-state index in [4.69, 9.17) is 4.74 Å². The van der Waals surface area contributed by atoms with Crippen molar-refractivity contribution in [2.24, 2.45) is 0 Å². The number of ketones is 1. The van der Waals surface area contributed by atoms with E-state index in [-0.39, 0.29) is 5.97 Å². The quantitative estimate of drug-likeness (QED) is 0.574. The van der Waals surface area contributed by atoms with Gasteiger partial charge in [-0.2, -0.15) is 0 Å². The average molecular weight is 314 g/mol. The molecular formula is C16H18FeO3. The number of Topliss-reactive ketones (excluding diaryl/α,β-unsaturated/α-hetero) is 1. The van der Waals surface area contributed by atoms with E-state index in [1.165, 1.54) is 40.8 Å². The molecule has 0 aromatic heterocycles. The van der Waals surface area contributed by atoms with Gasteiger partial charge in [0.15, 0.2) is 0 Å². The summed E-state index contributed by atoms with van der Waals surface area (Å²) in [4.78, 5) is 35.1. The molecule has 4 heteroatoms. The van der Waals surface area contributed by atoms with E-state index < -0.39 is 6.51 Å². The molecule has 0 aromatic rings. The first-order chi connectivity index (χ1) is 9.42. The Hall–Kier alpha value is -0.341. The summed E-state index contributed by atoms with van der Waals surface area (Å²) in [5, 5.41) is 0. The van der Waals surface area contributed by atoms with Gasteiger partial charge >= 0.3 is 107 Å². The number of fused-ring (bicyclic) bond motifs is 10. The molecule has 10 aliphatic rings. The Kier molecular flexibility index (Phi) is 0.316. The molecule has 10 aliphatic heterocycles. The van der Waals surface area contributed by atoms with Crippen molar-refractivity contribution < 1.29 is 20.8 Å². The second kappa shape index (κ2) is 0.757. The fourth-order valence-electron chi connectivity index (χ4n) is 17.6. The predicted octanol–water partition coefficient (Wildman–Crippen LogP) is 3.66. The van der Waals surface area contributed by atoms with Crippen molar-refractivity contribution in [1.82, 2.24) is 0 Å². The van der Waals surface area contributed by atoms with Gasteiger partial charge in [0.05, 0.1) is 0 Å². The topological polar surface area (TPSA) is 43.4 Å². The molecule has 4 atom stereocenters. The summed E-state index contributed by atoms with van der Waals surface area (Å²) < 4.78 is 5.10. The third-order valence-corrected chi connectivity index (χ3v) is 58.5. The molecule has 10 saturated heterocycles. The van der Waals surface area contributed by atoms with E-state index in [0.717, 1.165) is 16.1 Å². The summed E-state index contributed by atoms with van der Waals surface area (Å²) in [6.07, 6.45) is 1.87. The maximum absolute atomic E-state index is 13.2. The van der Waals surface area contributed by atoms with Gasteiger partial charge in [-0.05, 0) is 0 Å². The van der Waals surface area contributed by atoms with Crippen molar-refractivity contribution in [3.8, 4) is 0 Å². The van der Waals surface area contributed by atoms with Crippen molar-refractivity contribution in [3.05, 3.63) is 0 Å². The summed E-state index contributed by atoms with van der Waals surface area (Å²) in [7, 11) is 1.44. The molecule has 0 radical (unpaired) electrons. The van der Waals surface area contributed by atoms with Gasteiger partial charge in [0, 0.05) is 0 Å². The van der Waals surface area contributed by atoms with Crippen molar-refractivity contribution >= 4 is 11.8 Å². The van der Waals surface area contributed by atoms with Crippen LogP contribution in [0.15, 0.2) is 0 Å². The van der Waals surface area contributed by atoms with Crippen LogP contribution in [-0.4, -0.2) is 18.9 Å². The van der Waals surface area contributed by atoms with Gasteiger partial charge < -0.3 is 0 Å². The Labute approximate surface area is 107 Å². The third-order valence-electron chi connectivity index (χ3n) is 16.1. The van der Waals surface area contributed by atoms with Gasteiger partial charge in [-0.3, -0.25) is 0 Å². The van der Waals surface area contributed by atoms with E-state index in [1.807, 2.05) is 0 Å². The van der Waals surface area contributed by atoms with Gasteiger partial charge in [0.2, 0.25) is 0 Å². The van der Waals surface area contributed by atoms with Gasteiger partial charge in [0.1, 0.15) is 0 Å². The molecule has 3 nitrogen and oxygen atoms in total. The fourth-order valence-corrected chi connectivity index (χ4v) is 91.8. The van der Waals surface area contributed by atoms with Crippen LogP contribution in [0.25, 0.3) is 0 Å². The monoisotopic (exact) mass is 314 g/mol. The van der Waals surface area contributed by atoms with Crippen LogP contribution in [0.1, 0.15) is 19.3 Å². The first-order valence-electron chi connectivity index (χ1n) is 8.24. The summed E-state index contributed by atoms with van der Waals surface area (Å²) in [5.74, 6) is 0.524. The summed E-state index contributed by atoms with van der Waals surface area (Å²) >= 11 is 0. The first-order valence-corrected chi connectivity index (χ1v) is 14.5. The molecule has 20 heavy (non-hydrogen) atoms. The van der Waals surface area contributed by atoms with Gasteiger partial charge in [-0.25, -0.2) is 0 Å². The SMILES string of the molecule is COC(=O)CCCC(=O)[C]12[CH]3[CH]4[CH]5[CH]1[Fe]45321678[CH]2[CH]1[CH]6[CH]7[CH]28. The van der Waals surface area contributed by atoms with E-state index >= 15 is 0 Å². The van der Waals surface area contributed by atoms with Gasteiger partial charge in [-0.15, -0.1) is 0 Å². The number of hydrogen-bond donors (Lipinski definition) is 0. The Morgan fingerprint density at radius 3 is 1.85 bits per heavy atom. The number of ether oxygens (including phenoxy) is 1. The second-order valence-corrected chi connectivity index (χ2v) is 35.1. The molecule has 10 rings (SSSR count). The Morgan fingerprint density at radius 1 is 0.950 bits per heavy atom. The fraction of sp³-hybridized carbons (Fsp3) is 0.875. The normalized spacial score (nSPS) is 103. The van der Waals surface area contributed by atoms with Crippen molar-refractivity contribution in [1.29, 1.82) is 0 Å². The number of esters is 1. The van der Waals surface area contributed by atoms with Crippen molar-refractivity contribution in [3.63, 3.8) is 0 Å². The van der Waals surface area contributed by atoms with Crippen LogP contribution in [-0.2, 0) is 20.8 Å². The Balaban J connectivity index is 1.17. The molecule has 0 amide bonds. The predicted molar refractivity (Wildman–Crippen MR) is 67.3 cm³/mol. The van der Waals surface area contributed by atoms with Crippen LogP contribution >= 0.6 is 0 Å². The Morgan fingerprint density at radius 2 is 1.50 bits per heavy atom. The molecule has 1 spiro atoms. The zero-order valence-electron chi connectivity index (χ0n) is 11.4. The number of carbonyl (C=O) groups is 2. The summed E-state index contributed by atoms with van der Waals surface area (Å²) in [6.45, 7) is -3.19. The zero-order chi connectivity index (χ0) is 13.0. The van der Waals surface area contributed by atoms with Gasteiger partial charge in [0.25, 0.3) is 0 Å². The molecular weight excluding hydrogens is 296 g/mol. The number of hydrogen-bond acceptors (Lipinski definition) is 3. The van der Waals surface area contributed by atoms with E-state index in [9.17, 15) is 9.59 Å². The van der Waals surface area contributed by atoms with Crippen LogP contribution in [0.4, 0.5) is 0 Å². The van der Waals surface area contributed by atoms with Crippen LogP contribution in [0, 0.1) is 0 Å². The molecule has 108 valence electrons. The van der Waals surface area contributed by atoms with Crippen LogP contribution in [0.2, 0.25) is 47.7 Å². The van der Waals surface area contributed by atoms with Crippen LogP contribution < -0.4 is 0 Å². The zero-order valence-corrected chi connectivity index (χ0v) is 12.5. The number of carbonyl (C=O) groups excluding carboxylic acids is 2. The van der Waals surface area contributed by atoms with E-state index in [1.54, 1.807) is 0 Å². The number of methoxy groups -OCH3 is 1. The van der Waals surface area contributed by atoms with Gasteiger partial charge in [-0.1, -0.05) is 0 Å². The van der Waals surface area contributed by atoms with Crippen LogP contribution in [0.5, 0.6) is 0 Å². The molecule has 4 unspecified atom stereocenters. The van der Waals surface area contributed by atoms with E-state index in [2.05, 4.69) is 0 Å². The van der Waals surface area contributed by atoms with E-state index in [0.29, 0.717) is 22.9 Å². The molecule has 0 bridgehead atoms. The average Bonchev–Trinajstić information content (AvgIpc) is 3.38. The molecule has 0 N–H and O–H groups in total. The molecule has 0 saturated carbocycles. The third kappa shape index (κ3) is 0.0954.